The molecule has 0 heterocycles. The molecule has 4 rings (SSSR count). The highest BCUT2D eigenvalue weighted by molar-refractivity contribution is 5.91. The van der Waals surface area contributed by atoms with Crippen molar-refractivity contribution in [1.29, 1.82) is 0 Å². The van der Waals surface area contributed by atoms with Crippen LogP contribution in [0.15, 0.2) is 36.4 Å². The summed E-state index contributed by atoms with van der Waals surface area (Å²) in [5.41, 5.74) is 9.09. The minimum Gasteiger partial charge on any atom is -0.233 e. The first-order chi connectivity index (χ1) is 9.88. The third-order valence-electron chi connectivity index (χ3n) is 4.68. The molecule has 98 valence electrons. The van der Waals surface area contributed by atoms with Crippen molar-refractivity contribution < 1.29 is 4.79 Å². The van der Waals surface area contributed by atoms with Crippen LogP contribution in [0, 0.1) is 0 Å². The zero-order valence-corrected chi connectivity index (χ0v) is 11.4. The zero-order chi connectivity index (χ0) is 13.5. The van der Waals surface area contributed by atoms with E-state index in [9.17, 15) is 4.79 Å². The van der Waals surface area contributed by atoms with Crippen molar-refractivity contribution in [1.82, 2.24) is 0 Å². The quantitative estimate of drug-likeness (QED) is 0.654. The molecule has 2 aromatic rings. The summed E-state index contributed by atoms with van der Waals surface area (Å²) in [6.07, 6.45) is 5.27. The molecule has 0 N–H and O–H groups in total. The molecule has 1 heteroatoms. The van der Waals surface area contributed by atoms with Gasteiger partial charge in [-0.25, -0.2) is 4.79 Å². The predicted octanol–water partition coefficient (Wildman–Crippen LogP) is 4.00. The Morgan fingerprint density at radius 2 is 1.55 bits per heavy atom. The zero-order valence-electron chi connectivity index (χ0n) is 11.4. The minimum atomic E-state index is 0.868. The molecule has 20 heavy (non-hydrogen) atoms. The van der Waals surface area contributed by atoms with Gasteiger partial charge in [0.1, 0.15) is 5.94 Å². The van der Waals surface area contributed by atoms with Gasteiger partial charge in [-0.3, -0.25) is 0 Å². The third-order valence-corrected chi connectivity index (χ3v) is 4.68. The average molecular weight is 260 g/mol. The molecule has 0 saturated heterocycles. The molecule has 2 aromatic carbocycles. The fraction of sp³-hybridized carbons (Fsp3) is 0.263. The van der Waals surface area contributed by atoms with Gasteiger partial charge in [0.15, 0.2) is 0 Å². The van der Waals surface area contributed by atoms with Crippen LogP contribution in [0.3, 0.4) is 0 Å². The van der Waals surface area contributed by atoms with Gasteiger partial charge in [0.25, 0.3) is 0 Å². The second kappa shape index (κ2) is 4.47. The van der Waals surface area contributed by atoms with E-state index >= 15 is 0 Å². The van der Waals surface area contributed by atoms with Gasteiger partial charge in [-0.1, -0.05) is 36.4 Å². The molecular formula is C19H16O. The summed E-state index contributed by atoms with van der Waals surface area (Å²) in [5.74, 6) is 2.15. The summed E-state index contributed by atoms with van der Waals surface area (Å²) >= 11 is 0. The van der Waals surface area contributed by atoms with Crippen LogP contribution in [-0.4, -0.2) is 5.94 Å². The van der Waals surface area contributed by atoms with Gasteiger partial charge in [0.2, 0.25) is 0 Å². The molecule has 0 atom stereocenters. The first-order valence-corrected chi connectivity index (χ1v) is 7.36. The molecule has 0 radical (unpaired) electrons. The summed E-state index contributed by atoms with van der Waals surface area (Å²) in [4.78, 5) is 11.1. The molecule has 0 spiro atoms. The van der Waals surface area contributed by atoms with Gasteiger partial charge < -0.3 is 0 Å². The Balaban J connectivity index is 1.98. The van der Waals surface area contributed by atoms with Gasteiger partial charge in [-0.2, -0.15) is 0 Å². The lowest BCUT2D eigenvalue weighted by Crippen LogP contribution is -2.12. The van der Waals surface area contributed by atoms with Crippen molar-refractivity contribution in [2.24, 2.45) is 0 Å². The van der Waals surface area contributed by atoms with Gasteiger partial charge in [0, 0.05) is 5.57 Å². The van der Waals surface area contributed by atoms with Crippen molar-refractivity contribution >= 4 is 11.5 Å². The number of aryl methyl sites for hydroxylation is 1. The average Bonchev–Trinajstić information content (AvgIpc) is 2.53. The Morgan fingerprint density at radius 3 is 2.45 bits per heavy atom. The van der Waals surface area contributed by atoms with Gasteiger partial charge >= 0.3 is 0 Å². The van der Waals surface area contributed by atoms with Crippen LogP contribution in [0.25, 0.3) is 16.7 Å². The van der Waals surface area contributed by atoms with Crippen molar-refractivity contribution in [2.75, 3.05) is 0 Å². The Morgan fingerprint density at radius 1 is 0.750 bits per heavy atom. The van der Waals surface area contributed by atoms with E-state index in [4.69, 9.17) is 0 Å². The van der Waals surface area contributed by atoms with Crippen LogP contribution in [0.1, 0.15) is 35.1 Å². The number of hydrogen-bond donors (Lipinski definition) is 0. The molecule has 2 aliphatic carbocycles. The summed E-state index contributed by atoms with van der Waals surface area (Å²) in [7, 11) is 0. The van der Waals surface area contributed by atoms with Gasteiger partial charge in [-0.15, -0.1) is 0 Å². The highest BCUT2D eigenvalue weighted by atomic mass is 16.1. The third kappa shape index (κ3) is 1.60. The first-order valence-electron chi connectivity index (χ1n) is 7.36. The molecule has 0 bridgehead atoms. The maximum absolute atomic E-state index is 11.1. The molecule has 1 nitrogen and oxygen atoms in total. The van der Waals surface area contributed by atoms with Crippen molar-refractivity contribution in [2.45, 2.75) is 32.1 Å². The van der Waals surface area contributed by atoms with E-state index in [2.05, 4.69) is 42.3 Å². The van der Waals surface area contributed by atoms with Gasteiger partial charge in [-0.05, 0) is 65.5 Å². The fourth-order valence-electron chi connectivity index (χ4n) is 3.74. The van der Waals surface area contributed by atoms with E-state index in [1.165, 1.54) is 27.8 Å². The van der Waals surface area contributed by atoms with Gasteiger partial charge in [0.05, 0.1) is 0 Å². The Hall–Kier alpha value is -2.11. The van der Waals surface area contributed by atoms with E-state index < -0.39 is 0 Å². The highest BCUT2D eigenvalue weighted by Gasteiger charge is 2.23. The Kier molecular flexibility index (Phi) is 2.61. The first kappa shape index (κ1) is 11.7. The molecular weight excluding hydrogens is 244 g/mol. The Labute approximate surface area is 119 Å². The second-order valence-electron chi connectivity index (χ2n) is 5.71. The minimum absolute atomic E-state index is 0.868. The molecule has 2 aliphatic rings. The predicted molar refractivity (Wildman–Crippen MR) is 81.3 cm³/mol. The number of benzene rings is 2. The lowest BCUT2D eigenvalue weighted by atomic mass is 9.77. The van der Waals surface area contributed by atoms with E-state index in [0.29, 0.717) is 0 Å². The number of carbonyl (C=O) groups excluding carboxylic acids is 1. The SMILES string of the molecule is O=C=C1CCCc2c1ccc1c2CCc2ccccc2-1. The molecule has 0 amide bonds. The van der Waals surface area contributed by atoms with Crippen molar-refractivity contribution in [3.05, 3.63) is 58.7 Å². The number of rotatable bonds is 0. The maximum Gasteiger partial charge on any atom is 0.128 e. The smallest absolute Gasteiger partial charge is 0.128 e. The van der Waals surface area contributed by atoms with Crippen LogP contribution < -0.4 is 0 Å². The molecule has 0 aliphatic heterocycles. The molecule has 0 fully saturated rings. The van der Waals surface area contributed by atoms with E-state index in [1.807, 2.05) is 0 Å². The summed E-state index contributed by atoms with van der Waals surface area (Å²) in [5, 5.41) is 0. The fourth-order valence-corrected chi connectivity index (χ4v) is 3.74. The van der Waals surface area contributed by atoms with Crippen LogP contribution in [0.4, 0.5) is 0 Å². The number of fused-ring (bicyclic) bond motifs is 5. The van der Waals surface area contributed by atoms with Crippen molar-refractivity contribution in [3.8, 4) is 11.1 Å². The normalized spacial score (nSPS) is 15.9. The van der Waals surface area contributed by atoms with Crippen LogP contribution in [0.5, 0.6) is 0 Å². The number of allylic oxidation sites excluding steroid dienone is 1. The lowest BCUT2D eigenvalue weighted by molar-refractivity contribution is 0.568. The summed E-state index contributed by atoms with van der Waals surface area (Å²) < 4.78 is 0. The molecule has 0 unspecified atom stereocenters. The summed E-state index contributed by atoms with van der Waals surface area (Å²) in [6.45, 7) is 0. The topological polar surface area (TPSA) is 17.1 Å². The number of hydrogen-bond acceptors (Lipinski definition) is 1. The maximum atomic E-state index is 11.1. The highest BCUT2D eigenvalue weighted by Crippen LogP contribution is 2.40. The van der Waals surface area contributed by atoms with Crippen LogP contribution in [-0.2, 0) is 24.1 Å². The lowest BCUT2D eigenvalue weighted by Gasteiger charge is -2.27. The Bertz CT molecular complexity index is 748. The van der Waals surface area contributed by atoms with Crippen molar-refractivity contribution in [3.63, 3.8) is 0 Å². The summed E-state index contributed by atoms with van der Waals surface area (Å²) in [6, 6.07) is 13.0. The standard InChI is InChI=1S/C19H16O/c20-12-14-5-3-7-17-16(14)10-11-18-15-6-2-1-4-13(15)8-9-19(17)18/h1-2,4,6,10-11H,3,5,7-9H2. The van der Waals surface area contributed by atoms with E-state index in [0.717, 1.165) is 43.2 Å². The van der Waals surface area contributed by atoms with Crippen LogP contribution in [0.2, 0.25) is 0 Å². The van der Waals surface area contributed by atoms with E-state index in [-0.39, 0.29) is 0 Å². The molecule has 0 saturated carbocycles. The second-order valence-corrected chi connectivity index (χ2v) is 5.71. The molecule has 0 aromatic heterocycles. The monoisotopic (exact) mass is 260 g/mol. The van der Waals surface area contributed by atoms with E-state index in [1.54, 1.807) is 0 Å². The largest absolute Gasteiger partial charge is 0.233 e. The van der Waals surface area contributed by atoms with Crippen LogP contribution >= 0.6 is 0 Å².